The lowest BCUT2D eigenvalue weighted by Gasteiger charge is -2.10. The van der Waals surface area contributed by atoms with Crippen LogP contribution in [0.25, 0.3) is 0 Å². The van der Waals surface area contributed by atoms with Gasteiger partial charge in [-0.25, -0.2) is 8.42 Å². The van der Waals surface area contributed by atoms with Gasteiger partial charge < -0.3 is 4.74 Å². The normalized spacial score (nSPS) is 11.4. The molecule has 1 aromatic carbocycles. The maximum absolute atomic E-state index is 11.3. The molecule has 0 bridgehead atoms. The molecule has 1 heterocycles. The number of ether oxygens (including phenoxy) is 1. The lowest BCUT2D eigenvalue weighted by atomic mass is 10.3. The minimum Gasteiger partial charge on any atom is -0.487 e. The molecule has 2 rings (SSSR count). The van der Waals surface area contributed by atoms with Crippen molar-refractivity contribution in [2.45, 2.75) is 11.5 Å². The zero-order chi connectivity index (χ0) is 15.6. The predicted molar refractivity (Wildman–Crippen MR) is 85.8 cm³/mol. The summed E-state index contributed by atoms with van der Waals surface area (Å²) >= 11 is 15.1. The third kappa shape index (κ3) is 4.47. The Kier molecular flexibility index (Phi) is 5.38. The maximum atomic E-state index is 11.3. The van der Waals surface area contributed by atoms with Crippen molar-refractivity contribution in [2.24, 2.45) is 0 Å². The van der Waals surface area contributed by atoms with Gasteiger partial charge in [-0.1, -0.05) is 23.2 Å². The Morgan fingerprint density at radius 3 is 2.48 bits per heavy atom. The van der Waals surface area contributed by atoms with Crippen LogP contribution in [0.5, 0.6) is 5.75 Å². The quantitative estimate of drug-likeness (QED) is 0.661. The summed E-state index contributed by atoms with van der Waals surface area (Å²) in [4.78, 5) is 3.74. The van der Waals surface area contributed by atoms with Crippen molar-refractivity contribution in [3.8, 4) is 5.75 Å². The van der Waals surface area contributed by atoms with Crippen LogP contribution < -0.4 is 4.74 Å². The minimum atomic E-state index is -3.96. The first-order valence-electron chi connectivity index (χ1n) is 5.43. The van der Waals surface area contributed by atoms with E-state index in [0.717, 1.165) is 16.1 Å². The SMILES string of the molecule is O=S(=O)(Cl)c1cc(Cl)c(OCc2cncc(Br)c2)cc1Cl. The van der Waals surface area contributed by atoms with Gasteiger partial charge in [0.25, 0.3) is 9.05 Å². The Bertz CT molecular complexity index is 783. The monoisotopic (exact) mass is 429 g/mol. The first-order valence-corrected chi connectivity index (χ1v) is 9.29. The van der Waals surface area contributed by atoms with E-state index in [1.165, 1.54) is 6.07 Å². The second kappa shape index (κ2) is 6.71. The van der Waals surface area contributed by atoms with E-state index < -0.39 is 9.05 Å². The third-order valence-electron chi connectivity index (χ3n) is 2.40. The van der Waals surface area contributed by atoms with Gasteiger partial charge in [0.05, 0.1) is 10.0 Å². The second-order valence-corrected chi connectivity index (χ2v) is 8.22. The summed E-state index contributed by atoms with van der Waals surface area (Å²) in [6.07, 6.45) is 3.28. The van der Waals surface area contributed by atoms with Crippen LogP contribution in [-0.4, -0.2) is 13.4 Å². The van der Waals surface area contributed by atoms with Gasteiger partial charge in [0.1, 0.15) is 17.3 Å². The fourth-order valence-electron chi connectivity index (χ4n) is 1.50. The van der Waals surface area contributed by atoms with E-state index >= 15 is 0 Å². The number of hydrogen-bond donors (Lipinski definition) is 0. The first kappa shape index (κ1) is 16.8. The van der Waals surface area contributed by atoms with Crippen molar-refractivity contribution < 1.29 is 13.2 Å². The average molecular weight is 432 g/mol. The summed E-state index contributed by atoms with van der Waals surface area (Å²) in [7, 11) is 1.29. The number of rotatable bonds is 4. The summed E-state index contributed by atoms with van der Waals surface area (Å²) in [5, 5.41) is 0.0401. The van der Waals surface area contributed by atoms with Gasteiger partial charge in [-0.05, 0) is 28.1 Å². The number of pyridine rings is 1. The molecule has 0 unspecified atom stereocenters. The van der Waals surface area contributed by atoms with Gasteiger partial charge >= 0.3 is 0 Å². The summed E-state index contributed by atoms with van der Waals surface area (Å²) in [6.45, 7) is 0.204. The molecular weight excluding hydrogens is 424 g/mol. The molecule has 2 aromatic rings. The van der Waals surface area contributed by atoms with Crippen LogP contribution in [-0.2, 0) is 15.7 Å². The van der Waals surface area contributed by atoms with Gasteiger partial charge in [0.15, 0.2) is 0 Å². The van der Waals surface area contributed by atoms with E-state index in [9.17, 15) is 8.42 Å². The molecule has 1 aromatic heterocycles. The Morgan fingerprint density at radius 1 is 1.14 bits per heavy atom. The molecule has 0 spiro atoms. The maximum Gasteiger partial charge on any atom is 0.262 e. The molecule has 0 fully saturated rings. The Morgan fingerprint density at radius 2 is 1.86 bits per heavy atom. The molecule has 0 saturated heterocycles. The lowest BCUT2D eigenvalue weighted by molar-refractivity contribution is 0.305. The lowest BCUT2D eigenvalue weighted by Crippen LogP contribution is -1.99. The predicted octanol–water partition coefficient (Wildman–Crippen LogP) is 4.66. The minimum absolute atomic E-state index is 0.0585. The average Bonchev–Trinajstić information content (AvgIpc) is 2.38. The zero-order valence-electron chi connectivity index (χ0n) is 10.2. The van der Waals surface area contributed by atoms with Crippen LogP contribution in [0.3, 0.4) is 0 Å². The van der Waals surface area contributed by atoms with Crippen molar-refractivity contribution in [1.82, 2.24) is 4.98 Å². The largest absolute Gasteiger partial charge is 0.487 e. The van der Waals surface area contributed by atoms with Crippen LogP contribution >= 0.6 is 49.8 Å². The molecule has 9 heteroatoms. The van der Waals surface area contributed by atoms with Crippen LogP contribution in [0, 0.1) is 0 Å². The molecular formula is C12H7BrCl3NO3S. The molecule has 0 atom stereocenters. The van der Waals surface area contributed by atoms with E-state index in [0.29, 0.717) is 0 Å². The zero-order valence-corrected chi connectivity index (χ0v) is 14.9. The summed E-state index contributed by atoms with van der Waals surface area (Å²) in [5.41, 5.74) is 0.811. The molecule has 0 amide bonds. The van der Waals surface area contributed by atoms with Crippen molar-refractivity contribution >= 4 is 58.9 Å². The highest BCUT2D eigenvalue weighted by Crippen LogP contribution is 2.35. The van der Waals surface area contributed by atoms with Gasteiger partial charge in [0.2, 0.25) is 0 Å². The number of nitrogens with zero attached hydrogens (tertiary/aromatic N) is 1. The van der Waals surface area contributed by atoms with Crippen LogP contribution in [0.1, 0.15) is 5.56 Å². The second-order valence-electron chi connectivity index (χ2n) is 3.95. The molecule has 0 aliphatic carbocycles. The van der Waals surface area contributed by atoms with Crippen molar-refractivity contribution in [1.29, 1.82) is 0 Å². The summed E-state index contributed by atoms with van der Waals surface area (Å²) < 4.78 is 28.9. The van der Waals surface area contributed by atoms with E-state index in [1.54, 1.807) is 12.4 Å². The fraction of sp³-hybridized carbons (Fsp3) is 0.0833. The first-order chi connectivity index (χ1) is 9.77. The number of halogens is 4. The Balaban J connectivity index is 2.24. The Hall–Kier alpha value is -0.530. The standard InChI is InChI=1S/C12H7BrCl3NO3S/c13-8-1-7(4-17-5-8)6-20-11-2-10(15)12(3-9(11)14)21(16,18)19/h1-5H,6H2. The van der Waals surface area contributed by atoms with Crippen LogP contribution in [0.15, 0.2) is 40.0 Å². The number of benzene rings is 1. The molecule has 0 aliphatic heterocycles. The molecule has 4 nitrogen and oxygen atoms in total. The fourth-order valence-corrected chi connectivity index (χ4v) is 3.71. The number of hydrogen-bond acceptors (Lipinski definition) is 4. The Labute approximate surface area is 144 Å². The van der Waals surface area contributed by atoms with E-state index in [2.05, 4.69) is 20.9 Å². The van der Waals surface area contributed by atoms with Gasteiger partial charge in [-0.3, -0.25) is 4.98 Å². The van der Waals surface area contributed by atoms with E-state index in [1.807, 2.05) is 6.07 Å². The highest BCUT2D eigenvalue weighted by Gasteiger charge is 2.18. The van der Waals surface area contributed by atoms with Crippen molar-refractivity contribution in [2.75, 3.05) is 0 Å². The van der Waals surface area contributed by atoms with Crippen molar-refractivity contribution in [3.05, 3.63) is 50.7 Å². The summed E-state index contributed by atoms with van der Waals surface area (Å²) in [5.74, 6) is 0.255. The van der Waals surface area contributed by atoms with E-state index in [-0.39, 0.29) is 27.3 Å². The van der Waals surface area contributed by atoms with Crippen LogP contribution in [0.4, 0.5) is 0 Å². The number of aromatic nitrogens is 1. The molecule has 21 heavy (non-hydrogen) atoms. The van der Waals surface area contributed by atoms with Crippen molar-refractivity contribution in [3.63, 3.8) is 0 Å². The van der Waals surface area contributed by atoms with Gasteiger partial charge in [0, 0.05) is 39.2 Å². The third-order valence-corrected chi connectivity index (χ3v) is 4.92. The van der Waals surface area contributed by atoms with E-state index in [4.69, 9.17) is 38.6 Å². The van der Waals surface area contributed by atoms with Gasteiger partial charge in [-0.2, -0.15) is 0 Å². The highest BCUT2D eigenvalue weighted by molar-refractivity contribution is 9.10. The molecule has 112 valence electrons. The molecule has 0 radical (unpaired) electrons. The topological polar surface area (TPSA) is 56.3 Å². The van der Waals surface area contributed by atoms with Crippen LogP contribution in [0.2, 0.25) is 10.0 Å². The molecule has 0 saturated carbocycles. The molecule has 0 N–H and O–H groups in total. The summed E-state index contributed by atoms with van der Waals surface area (Å²) in [6, 6.07) is 4.30. The van der Waals surface area contributed by atoms with Gasteiger partial charge in [-0.15, -0.1) is 0 Å². The highest BCUT2D eigenvalue weighted by atomic mass is 79.9. The smallest absolute Gasteiger partial charge is 0.262 e. The molecule has 0 aliphatic rings.